The minimum atomic E-state index is -0.239. The van der Waals surface area contributed by atoms with Gasteiger partial charge in [0, 0.05) is 20.3 Å². The van der Waals surface area contributed by atoms with Crippen LogP contribution in [-0.2, 0) is 11.3 Å². The molecule has 5 heteroatoms. The Morgan fingerprint density at radius 2 is 2.26 bits per heavy atom. The molecule has 1 fully saturated rings. The third-order valence-electron chi connectivity index (χ3n) is 4.02. The Morgan fingerprint density at radius 3 is 2.95 bits per heavy atom. The molecule has 1 aliphatic rings. The molecule has 2 aromatic rings. The van der Waals surface area contributed by atoms with Gasteiger partial charge in [0.1, 0.15) is 5.82 Å². The van der Waals surface area contributed by atoms with Crippen molar-refractivity contribution >= 4 is 23.3 Å². The van der Waals surface area contributed by atoms with E-state index in [0.717, 1.165) is 30.6 Å². The summed E-state index contributed by atoms with van der Waals surface area (Å²) in [6.07, 6.45) is 3.48. The zero-order valence-corrected chi connectivity index (χ0v) is 11.7. The number of benzene rings is 1. The van der Waals surface area contributed by atoms with Crippen molar-refractivity contribution in [3.8, 4) is 0 Å². The number of methoxy groups -OCH3 is 1. The Bertz CT molecular complexity index is 657. The van der Waals surface area contributed by atoms with E-state index in [4.69, 9.17) is 17.0 Å². The Kier molecular flexibility index (Phi) is 3.19. The summed E-state index contributed by atoms with van der Waals surface area (Å²) in [7, 11) is 1.73. The molecule has 3 nitrogen and oxygen atoms in total. The minimum absolute atomic E-state index is 0.239. The van der Waals surface area contributed by atoms with Crippen LogP contribution in [0.1, 0.15) is 19.3 Å². The largest absolute Gasteiger partial charge is 0.385 e. The first kappa shape index (κ1) is 12.8. The number of nitrogens with one attached hydrogen (secondary N) is 1. The highest BCUT2D eigenvalue weighted by Crippen LogP contribution is 2.50. The van der Waals surface area contributed by atoms with Crippen LogP contribution < -0.4 is 0 Å². The molecule has 1 N–H and O–H groups in total. The molecule has 3 rings (SSSR count). The molecule has 1 aromatic heterocycles. The van der Waals surface area contributed by atoms with E-state index in [-0.39, 0.29) is 5.82 Å². The molecule has 0 bridgehead atoms. The molecule has 0 radical (unpaired) electrons. The lowest BCUT2D eigenvalue weighted by molar-refractivity contribution is 0.167. The Balaban J connectivity index is 1.93. The summed E-state index contributed by atoms with van der Waals surface area (Å²) < 4.78 is 21.2. The molecule has 19 heavy (non-hydrogen) atoms. The van der Waals surface area contributed by atoms with Gasteiger partial charge >= 0.3 is 0 Å². The number of halogens is 1. The summed E-state index contributed by atoms with van der Waals surface area (Å²) in [6.45, 7) is 1.67. The molecule has 0 unspecified atom stereocenters. The second-order valence-corrected chi connectivity index (χ2v) is 5.81. The summed E-state index contributed by atoms with van der Waals surface area (Å²) in [5.74, 6) is -0.239. The number of aromatic amines is 1. The van der Waals surface area contributed by atoms with Crippen LogP contribution in [0, 0.1) is 16.0 Å². The van der Waals surface area contributed by atoms with Gasteiger partial charge in [-0.15, -0.1) is 0 Å². The molecule has 0 aliphatic heterocycles. The molecule has 1 aromatic carbocycles. The molecule has 0 saturated heterocycles. The van der Waals surface area contributed by atoms with Crippen LogP contribution in [0.4, 0.5) is 4.39 Å². The van der Waals surface area contributed by atoms with Crippen LogP contribution in [0.5, 0.6) is 0 Å². The maximum absolute atomic E-state index is 13.2. The van der Waals surface area contributed by atoms with E-state index < -0.39 is 0 Å². The van der Waals surface area contributed by atoms with Crippen molar-refractivity contribution in [2.75, 3.05) is 13.7 Å². The quantitative estimate of drug-likeness (QED) is 0.847. The van der Waals surface area contributed by atoms with Gasteiger partial charge < -0.3 is 14.3 Å². The normalized spacial score (nSPS) is 16.9. The second-order valence-electron chi connectivity index (χ2n) is 5.42. The van der Waals surface area contributed by atoms with Crippen molar-refractivity contribution < 1.29 is 9.13 Å². The molecule has 1 saturated carbocycles. The Hall–Kier alpha value is -1.20. The summed E-state index contributed by atoms with van der Waals surface area (Å²) >= 11 is 5.36. The first-order valence-electron chi connectivity index (χ1n) is 6.51. The summed E-state index contributed by atoms with van der Waals surface area (Å²) in [5, 5.41) is 0. The van der Waals surface area contributed by atoms with Crippen molar-refractivity contribution in [2.24, 2.45) is 5.41 Å². The van der Waals surface area contributed by atoms with E-state index in [1.807, 2.05) is 0 Å². The van der Waals surface area contributed by atoms with Gasteiger partial charge in [-0.25, -0.2) is 4.39 Å². The SMILES string of the molecule is COCCC1(Cn2c(=S)[nH]c3cc(F)ccc32)CC1. The standard InChI is InChI=1S/C14H17FN2OS/c1-18-7-6-14(4-5-14)9-17-12-3-2-10(15)8-11(12)16-13(17)19/h2-3,8H,4-7,9H2,1H3,(H,16,19). The number of hydrogen-bond donors (Lipinski definition) is 1. The highest BCUT2D eigenvalue weighted by atomic mass is 32.1. The lowest BCUT2D eigenvalue weighted by atomic mass is 10.0. The Labute approximate surface area is 116 Å². The number of nitrogens with zero attached hydrogens (tertiary/aromatic N) is 1. The third-order valence-corrected chi connectivity index (χ3v) is 4.35. The predicted octanol–water partition coefficient (Wildman–Crippen LogP) is 3.65. The van der Waals surface area contributed by atoms with Crippen LogP contribution in [0.15, 0.2) is 18.2 Å². The van der Waals surface area contributed by atoms with Crippen LogP contribution in [0.25, 0.3) is 11.0 Å². The fourth-order valence-corrected chi connectivity index (χ4v) is 2.88. The van der Waals surface area contributed by atoms with Gasteiger partial charge in [0.2, 0.25) is 0 Å². The molecule has 1 aliphatic carbocycles. The van der Waals surface area contributed by atoms with Gasteiger partial charge in [-0.1, -0.05) is 0 Å². The molecular weight excluding hydrogens is 263 g/mol. The van der Waals surface area contributed by atoms with E-state index in [1.165, 1.54) is 25.0 Å². The summed E-state index contributed by atoms with van der Waals surface area (Å²) in [5.41, 5.74) is 2.07. The van der Waals surface area contributed by atoms with Crippen molar-refractivity contribution in [2.45, 2.75) is 25.8 Å². The average Bonchev–Trinajstić information content (AvgIpc) is 3.08. The highest BCUT2D eigenvalue weighted by molar-refractivity contribution is 7.71. The van der Waals surface area contributed by atoms with Gasteiger partial charge in [-0.05, 0) is 55.1 Å². The lowest BCUT2D eigenvalue weighted by Crippen LogP contribution is -2.14. The zero-order valence-electron chi connectivity index (χ0n) is 10.9. The van der Waals surface area contributed by atoms with Gasteiger partial charge in [0.25, 0.3) is 0 Å². The smallest absolute Gasteiger partial charge is 0.178 e. The third kappa shape index (κ3) is 2.44. The summed E-state index contributed by atoms with van der Waals surface area (Å²) in [4.78, 5) is 3.08. The lowest BCUT2D eigenvalue weighted by Gasteiger charge is -2.16. The average molecular weight is 280 g/mol. The van der Waals surface area contributed by atoms with Crippen LogP contribution in [0.3, 0.4) is 0 Å². The van der Waals surface area contributed by atoms with Gasteiger partial charge in [0.05, 0.1) is 11.0 Å². The number of aromatic nitrogens is 2. The number of H-pyrrole nitrogens is 1. The molecule has 0 atom stereocenters. The number of fused-ring (bicyclic) bond motifs is 1. The van der Waals surface area contributed by atoms with Crippen LogP contribution in [0.2, 0.25) is 0 Å². The van der Waals surface area contributed by atoms with E-state index in [9.17, 15) is 4.39 Å². The van der Waals surface area contributed by atoms with E-state index in [2.05, 4.69) is 9.55 Å². The number of ether oxygens (including phenoxy) is 1. The topological polar surface area (TPSA) is 29.9 Å². The summed E-state index contributed by atoms with van der Waals surface area (Å²) in [6, 6.07) is 4.77. The minimum Gasteiger partial charge on any atom is -0.385 e. The van der Waals surface area contributed by atoms with Crippen molar-refractivity contribution in [1.82, 2.24) is 9.55 Å². The number of imidazole rings is 1. The predicted molar refractivity (Wildman–Crippen MR) is 75.2 cm³/mol. The molecule has 0 amide bonds. The van der Waals surface area contributed by atoms with Crippen molar-refractivity contribution in [3.05, 3.63) is 28.8 Å². The second kappa shape index (κ2) is 4.72. The van der Waals surface area contributed by atoms with Crippen molar-refractivity contribution in [1.29, 1.82) is 0 Å². The number of rotatable bonds is 5. The van der Waals surface area contributed by atoms with Crippen LogP contribution in [-0.4, -0.2) is 23.3 Å². The van der Waals surface area contributed by atoms with Gasteiger partial charge in [-0.2, -0.15) is 0 Å². The first-order valence-corrected chi connectivity index (χ1v) is 6.91. The van der Waals surface area contributed by atoms with Crippen molar-refractivity contribution in [3.63, 3.8) is 0 Å². The molecular formula is C14H17FN2OS. The van der Waals surface area contributed by atoms with E-state index in [1.54, 1.807) is 13.2 Å². The fourth-order valence-electron chi connectivity index (χ4n) is 2.61. The van der Waals surface area contributed by atoms with E-state index >= 15 is 0 Å². The van der Waals surface area contributed by atoms with Crippen LogP contribution >= 0.6 is 12.2 Å². The van der Waals surface area contributed by atoms with Gasteiger partial charge in [-0.3, -0.25) is 0 Å². The monoisotopic (exact) mass is 280 g/mol. The molecule has 1 heterocycles. The van der Waals surface area contributed by atoms with Gasteiger partial charge in [0.15, 0.2) is 4.77 Å². The van der Waals surface area contributed by atoms with E-state index in [0.29, 0.717) is 10.2 Å². The zero-order chi connectivity index (χ0) is 13.5. The fraction of sp³-hybridized carbons (Fsp3) is 0.500. The first-order chi connectivity index (χ1) is 9.13. The maximum atomic E-state index is 13.2. The maximum Gasteiger partial charge on any atom is 0.178 e. The highest BCUT2D eigenvalue weighted by Gasteiger charge is 2.42. The molecule has 0 spiro atoms. The molecule has 102 valence electrons. The Morgan fingerprint density at radius 1 is 1.47 bits per heavy atom. The number of hydrogen-bond acceptors (Lipinski definition) is 2.